The van der Waals surface area contributed by atoms with E-state index < -0.39 is 11.8 Å². The number of nitrogens with zero attached hydrogens (tertiary/aromatic N) is 1. The largest absolute Gasteiger partial charge is 0.497 e. The summed E-state index contributed by atoms with van der Waals surface area (Å²) in [6, 6.07) is 13.7. The third-order valence-corrected chi connectivity index (χ3v) is 3.98. The van der Waals surface area contributed by atoms with Crippen LogP contribution >= 0.6 is 0 Å². The lowest BCUT2D eigenvalue weighted by molar-refractivity contribution is -0.129. The summed E-state index contributed by atoms with van der Waals surface area (Å²) >= 11 is 0. The average molecular weight is 442 g/mol. The van der Waals surface area contributed by atoms with Gasteiger partial charge in [0.15, 0.2) is 6.61 Å². The molecule has 0 unspecified atom stereocenters. The molecule has 3 amide bonds. The van der Waals surface area contributed by atoms with Crippen LogP contribution in [-0.2, 0) is 19.1 Å². The van der Waals surface area contributed by atoms with Gasteiger partial charge >= 0.3 is 0 Å². The van der Waals surface area contributed by atoms with E-state index in [9.17, 15) is 14.4 Å². The van der Waals surface area contributed by atoms with Crippen molar-refractivity contribution in [2.45, 2.75) is 6.42 Å². The normalized spacial score (nSPS) is 10.4. The average Bonchev–Trinajstić information content (AvgIpc) is 2.79. The molecule has 0 saturated carbocycles. The Balaban J connectivity index is 1.71. The van der Waals surface area contributed by atoms with Crippen molar-refractivity contribution in [1.29, 1.82) is 0 Å². The Morgan fingerprint density at radius 2 is 1.59 bits per heavy atom. The van der Waals surface area contributed by atoms with Crippen LogP contribution in [0.25, 0.3) is 0 Å². The summed E-state index contributed by atoms with van der Waals surface area (Å²) in [5.74, 6) is -0.0317. The second-order valence-electron chi connectivity index (χ2n) is 6.45. The number of hydrogen-bond donors (Lipinski definition) is 3. The Bertz CT molecular complexity index is 913. The van der Waals surface area contributed by atoms with Crippen LogP contribution in [-0.4, -0.2) is 57.9 Å². The lowest BCUT2D eigenvalue weighted by Gasteiger charge is -2.08. The van der Waals surface area contributed by atoms with Gasteiger partial charge in [0.25, 0.3) is 5.91 Å². The summed E-state index contributed by atoms with van der Waals surface area (Å²) in [5.41, 5.74) is 3.62. The van der Waals surface area contributed by atoms with Gasteiger partial charge < -0.3 is 24.8 Å². The first-order valence-electron chi connectivity index (χ1n) is 9.74. The molecular formula is C22H26N4O6. The van der Waals surface area contributed by atoms with E-state index in [0.29, 0.717) is 35.9 Å². The van der Waals surface area contributed by atoms with E-state index in [0.717, 1.165) is 0 Å². The van der Waals surface area contributed by atoms with Crippen LogP contribution in [0.15, 0.2) is 53.6 Å². The highest BCUT2D eigenvalue weighted by Crippen LogP contribution is 2.15. The molecule has 32 heavy (non-hydrogen) atoms. The number of benzene rings is 2. The van der Waals surface area contributed by atoms with Crippen molar-refractivity contribution in [3.05, 3.63) is 54.1 Å². The lowest BCUT2D eigenvalue weighted by atomic mass is 10.2. The van der Waals surface area contributed by atoms with Gasteiger partial charge in [-0.3, -0.25) is 14.4 Å². The van der Waals surface area contributed by atoms with Crippen molar-refractivity contribution >= 4 is 29.6 Å². The zero-order valence-corrected chi connectivity index (χ0v) is 17.9. The van der Waals surface area contributed by atoms with E-state index in [1.165, 1.54) is 13.3 Å². The Hall–Kier alpha value is -3.92. The van der Waals surface area contributed by atoms with Gasteiger partial charge in [-0.2, -0.15) is 5.10 Å². The number of ether oxygens (including phenoxy) is 3. The van der Waals surface area contributed by atoms with Gasteiger partial charge in [-0.1, -0.05) is 0 Å². The smallest absolute Gasteiger partial charge is 0.262 e. The van der Waals surface area contributed by atoms with Crippen LogP contribution in [0.2, 0.25) is 0 Å². The molecule has 0 aliphatic rings. The highest BCUT2D eigenvalue weighted by molar-refractivity contribution is 5.97. The summed E-state index contributed by atoms with van der Waals surface area (Å²) in [4.78, 5) is 35.2. The second-order valence-corrected chi connectivity index (χ2v) is 6.45. The number of methoxy groups -OCH3 is 2. The van der Waals surface area contributed by atoms with Crippen molar-refractivity contribution in [2.24, 2.45) is 5.10 Å². The van der Waals surface area contributed by atoms with Crippen molar-refractivity contribution in [3.63, 3.8) is 0 Å². The van der Waals surface area contributed by atoms with Gasteiger partial charge in [-0.15, -0.1) is 0 Å². The van der Waals surface area contributed by atoms with Gasteiger partial charge in [0.05, 0.1) is 19.9 Å². The fourth-order valence-electron chi connectivity index (χ4n) is 2.39. The first kappa shape index (κ1) is 24.4. The van der Waals surface area contributed by atoms with E-state index >= 15 is 0 Å². The maximum Gasteiger partial charge on any atom is 0.262 e. The number of carbonyl (C=O) groups excluding carboxylic acids is 3. The molecule has 10 heteroatoms. The molecule has 10 nitrogen and oxygen atoms in total. The fourth-order valence-corrected chi connectivity index (χ4v) is 2.39. The van der Waals surface area contributed by atoms with Crippen molar-refractivity contribution in [1.82, 2.24) is 10.7 Å². The maximum absolute atomic E-state index is 12.0. The molecule has 0 fully saturated rings. The molecule has 0 saturated heterocycles. The van der Waals surface area contributed by atoms with Crippen molar-refractivity contribution < 1.29 is 28.6 Å². The number of nitrogens with one attached hydrogen (secondary N) is 3. The third-order valence-electron chi connectivity index (χ3n) is 3.98. The predicted molar refractivity (Wildman–Crippen MR) is 119 cm³/mol. The Morgan fingerprint density at radius 1 is 0.906 bits per heavy atom. The van der Waals surface area contributed by atoms with E-state index in [2.05, 4.69) is 21.2 Å². The SMILES string of the molecule is COCCNC(=O)CC(=O)N/N=C/c1ccc(OCC(=O)Nc2ccc(OC)cc2)cc1. The van der Waals surface area contributed by atoms with Crippen LogP contribution < -0.4 is 25.5 Å². The molecule has 2 rings (SSSR count). The predicted octanol–water partition coefficient (Wildman–Crippen LogP) is 1.32. The van der Waals surface area contributed by atoms with Gasteiger partial charge in [0, 0.05) is 19.3 Å². The summed E-state index contributed by atoms with van der Waals surface area (Å²) in [6.45, 7) is 0.559. The summed E-state index contributed by atoms with van der Waals surface area (Å²) in [7, 11) is 3.09. The molecule has 2 aromatic carbocycles. The quantitative estimate of drug-likeness (QED) is 0.197. The number of anilines is 1. The molecule has 0 aromatic heterocycles. The number of hydrogen-bond acceptors (Lipinski definition) is 7. The van der Waals surface area contributed by atoms with Crippen LogP contribution in [0.1, 0.15) is 12.0 Å². The molecular weight excluding hydrogens is 416 g/mol. The molecule has 0 spiro atoms. The molecule has 0 aliphatic carbocycles. The van der Waals surface area contributed by atoms with Gasteiger partial charge in [-0.25, -0.2) is 5.43 Å². The fraction of sp³-hybridized carbons (Fsp3) is 0.273. The molecule has 0 aliphatic heterocycles. The number of amides is 3. The Labute approximate surface area is 185 Å². The van der Waals surface area contributed by atoms with Crippen LogP contribution in [0, 0.1) is 0 Å². The molecule has 0 radical (unpaired) electrons. The monoisotopic (exact) mass is 442 g/mol. The molecule has 0 bridgehead atoms. The van der Waals surface area contributed by atoms with Crippen molar-refractivity contribution in [3.8, 4) is 11.5 Å². The van der Waals surface area contributed by atoms with E-state index in [1.807, 2.05) is 0 Å². The van der Waals surface area contributed by atoms with E-state index in [4.69, 9.17) is 14.2 Å². The molecule has 3 N–H and O–H groups in total. The van der Waals surface area contributed by atoms with Gasteiger partial charge in [-0.05, 0) is 54.1 Å². The number of rotatable bonds is 12. The Kier molecular flexibility index (Phi) is 10.2. The van der Waals surface area contributed by atoms with Gasteiger partial charge in [0.1, 0.15) is 17.9 Å². The van der Waals surface area contributed by atoms with E-state index in [1.54, 1.807) is 55.6 Å². The third kappa shape index (κ3) is 9.26. The summed E-state index contributed by atoms with van der Waals surface area (Å²) in [5, 5.41) is 9.08. The first-order chi connectivity index (χ1) is 15.5. The minimum absolute atomic E-state index is 0.151. The highest BCUT2D eigenvalue weighted by atomic mass is 16.5. The molecule has 0 heterocycles. The topological polar surface area (TPSA) is 127 Å². The summed E-state index contributed by atoms with van der Waals surface area (Å²) in [6.07, 6.45) is 1.10. The zero-order chi connectivity index (χ0) is 23.2. The Morgan fingerprint density at radius 3 is 2.25 bits per heavy atom. The number of carbonyl (C=O) groups is 3. The maximum atomic E-state index is 12.0. The lowest BCUT2D eigenvalue weighted by Crippen LogP contribution is -2.31. The van der Waals surface area contributed by atoms with Gasteiger partial charge in [0.2, 0.25) is 11.8 Å². The summed E-state index contributed by atoms with van der Waals surface area (Å²) < 4.78 is 15.3. The first-order valence-corrected chi connectivity index (χ1v) is 9.74. The molecule has 0 atom stereocenters. The number of hydrazone groups is 1. The minimum Gasteiger partial charge on any atom is -0.497 e. The van der Waals surface area contributed by atoms with E-state index in [-0.39, 0.29) is 18.9 Å². The zero-order valence-electron chi connectivity index (χ0n) is 17.9. The van der Waals surface area contributed by atoms with Crippen LogP contribution in [0.3, 0.4) is 0 Å². The second kappa shape index (κ2) is 13.4. The highest BCUT2D eigenvalue weighted by Gasteiger charge is 2.08. The van der Waals surface area contributed by atoms with Crippen LogP contribution in [0.4, 0.5) is 5.69 Å². The molecule has 2 aromatic rings. The molecule has 170 valence electrons. The van der Waals surface area contributed by atoms with Crippen molar-refractivity contribution in [2.75, 3.05) is 39.3 Å². The standard InChI is InChI=1S/C22H26N4O6/c1-30-12-11-23-20(27)13-21(28)26-24-14-16-3-7-19(8-4-16)32-15-22(29)25-17-5-9-18(31-2)10-6-17/h3-10,14H,11-13,15H2,1-2H3,(H,23,27)(H,25,29)(H,26,28)/b24-14+. The van der Waals surface area contributed by atoms with Crippen LogP contribution in [0.5, 0.6) is 11.5 Å². The minimum atomic E-state index is -0.529.